The fraction of sp³-hybridized carbons (Fsp3) is 0.600. The SMILES string of the molecule is Cc1ccc(F)c([C@H](CCC(F)(F)F)N2CCNCC2)c1F.Cl. The highest BCUT2D eigenvalue weighted by Crippen LogP contribution is 2.35. The zero-order chi connectivity index (χ0) is 16.3. The Morgan fingerprint density at radius 3 is 2.35 bits per heavy atom. The maximum absolute atomic E-state index is 14.3. The molecule has 132 valence electrons. The van der Waals surface area contributed by atoms with Gasteiger partial charge in [0.15, 0.2) is 0 Å². The summed E-state index contributed by atoms with van der Waals surface area (Å²) in [5.41, 5.74) is -0.00491. The molecule has 8 heteroatoms. The molecule has 1 N–H and O–H groups in total. The molecule has 0 radical (unpaired) electrons. The molecule has 0 aliphatic carbocycles. The molecule has 1 aromatic carbocycles. The van der Waals surface area contributed by atoms with Crippen molar-refractivity contribution in [3.05, 3.63) is 34.9 Å². The Labute approximate surface area is 138 Å². The lowest BCUT2D eigenvalue weighted by Gasteiger charge is -2.36. The number of hydrogen-bond acceptors (Lipinski definition) is 2. The fourth-order valence-corrected chi connectivity index (χ4v) is 2.79. The summed E-state index contributed by atoms with van der Waals surface area (Å²) in [4.78, 5) is 1.73. The van der Waals surface area contributed by atoms with Crippen molar-refractivity contribution in [1.29, 1.82) is 0 Å². The Balaban J connectivity index is 0.00000264. The van der Waals surface area contributed by atoms with Crippen LogP contribution in [0, 0.1) is 18.6 Å². The number of benzene rings is 1. The molecule has 1 aromatic rings. The van der Waals surface area contributed by atoms with Crippen molar-refractivity contribution in [3.63, 3.8) is 0 Å². The van der Waals surface area contributed by atoms with Gasteiger partial charge in [0.1, 0.15) is 11.6 Å². The highest BCUT2D eigenvalue weighted by Gasteiger charge is 2.33. The Morgan fingerprint density at radius 2 is 1.78 bits per heavy atom. The quantitative estimate of drug-likeness (QED) is 0.819. The molecule has 0 bridgehead atoms. The van der Waals surface area contributed by atoms with Crippen molar-refractivity contribution in [2.45, 2.75) is 32.0 Å². The number of hydrogen-bond donors (Lipinski definition) is 1. The molecule has 0 spiro atoms. The Morgan fingerprint density at radius 1 is 1.17 bits per heavy atom. The summed E-state index contributed by atoms with van der Waals surface area (Å²) >= 11 is 0. The first-order valence-corrected chi connectivity index (χ1v) is 7.25. The van der Waals surface area contributed by atoms with Crippen molar-refractivity contribution in [1.82, 2.24) is 10.2 Å². The van der Waals surface area contributed by atoms with Crippen LogP contribution in [0.4, 0.5) is 22.0 Å². The van der Waals surface area contributed by atoms with Crippen molar-refractivity contribution < 1.29 is 22.0 Å². The van der Waals surface area contributed by atoms with Crippen LogP contribution in [0.2, 0.25) is 0 Å². The van der Waals surface area contributed by atoms with E-state index in [2.05, 4.69) is 5.32 Å². The number of rotatable bonds is 4. The van der Waals surface area contributed by atoms with E-state index in [9.17, 15) is 22.0 Å². The average molecular weight is 359 g/mol. The summed E-state index contributed by atoms with van der Waals surface area (Å²) in [7, 11) is 0. The lowest BCUT2D eigenvalue weighted by atomic mass is 9.96. The van der Waals surface area contributed by atoms with Crippen molar-refractivity contribution in [2.24, 2.45) is 0 Å². The van der Waals surface area contributed by atoms with E-state index in [-0.39, 0.29) is 30.0 Å². The maximum Gasteiger partial charge on any atom is 0.389 e. The van der Waals surface area contributed by atoms with E-state index in [0.29, 0.717) is 26.2 Å². The number of piperazine rings is 1. The molecule has 1 heterocycles. The number of nitrogens with one attached hydrogen (secondary N) is 1. The summed E-state index contributed by atoms with van der Waals surface area (Å²) in [6.45, 7) is 3.61. The van der Waals surface area contributed by atoms with Crippen LogP contribution < -0.4 is 5.32 Å². The number of halogens is 6. The monoisotopic (exact) mass is 358 g/mol. The summed E-state index contributed by atoms with van der Waals surface area (Å²) in [5, 5.41) is 3.08. The first kappa shape index (κ1) is 20.1. The summed E-state index contributed by atoms with van der Waals surface area (Å²) in [6, 6.07) is 1.52. The van der Waals surface area contributed by atoms with Gasteiger partial charge in [-0.05, 0) is 25.0 Å². The van der Waals surface area contributed by atoms with Gasteiger partial charge in [-0.25, -0.2) is 8.78 Å². The first-order chi connectivity index (χ1) is 10.3. The molecule has 23 heavy (non-hydrogen) atoms. The van der Waals surface area contributed by atoms with Gasteiger partial charge < -0.3 is 5.32 Å². The van der Waals surface area contributed by atoms with Gasteiger partial charge in [0.05, 0.1) is 0 Å². The van der Waals surface area contributed by atoms with Crippen LogP contribution in [0.5, 0.6) is 0 Å². The standard InChI is InChI=1S/C15H19F5N2.ClH/c1-10-2-3-11(16)13(14(10)17)12(4-5-15(18,19)20)22-8-6-21-7-9-22;/h2-3,12,21H,4-9H2,1H3;1H/t12-;/m0./s1. The van der Waals surface area contributed by atoms with E-state index < -0.39 is 30.3 Å². The second-order valence-electron chi connectivity index (χ2n) is 5.55. The topological polar surface area (TPSA) is 15.3 Å². The van der Waals surface area contributed by atoms with Crippen LogP contribution in [0.25, 0.3) is 0 Å². The van der Waals surface area contributed by atoms with Crippen molar-refractivity contribution in [2.75, 3.05) is 26.2 Å². The van der Waals surface area contributed by atoms with E-state index >= 15 is 0 Å². The highest BCUT2D eigenvalue weighted by molar-refractivity contribution is 5.85. The molecule has 1 atom stereocenters. The Bertz CT molecular complexity index is 515. The van der Waals surface area contributed by atoms with E-state index in [1.165, 1.54) is 13.0 Å². The van der Waals surface area contributed by atoms with E-state index in [1.807, 2.05) is 0 Å². The summed E-state index contributed by atoms with van der Waals surface area (Å²) in [6.07, 6.45) is -5.75. The molecule has 0 aromatic heterocycles. The molecule has 2 rings (SSSR count). The predicted molar refractivity (Wildman–Crippen MR) is 80.8 cm³/mol. The van der Waals surface area contributed by atoms with Gasteiger partial charge in [-0.2, -0.15) is 13.2 Å². The Kier molecular flexibility index (Phi) is 7.23. The smallest absolute Gasteiger partial charge is 0.314 e. The van der Waals surface area contributed by atoms with Crippen LogP contribution in [-0.2, 0) is 0 Å². The largest absolute Gasteiger partial charge is 0.389 e. The van der Waals surface area contributed by atoms with E-state index in [4.69, 9.17) is 0 Å². The predicted octanol–water partition coefficient (Wildman–Crippen LogP) is 3.98. The third-order valence-corrected chi connectivity index (χ3v) is 3.95. The first-order valence-electron chi connectivity index (χ1n) is 7.25. The zero-order valence-electron chi connectivity index (χ0n) is 12.7. The number of nitrogens with zero attached hydrogens (tertiary/aromatic N) is 1. The summed E-state index contributed by atoms with van der Waals surface area (Å²) in [5.74, 6) is -1.53. The third kappa shape index (κ3) is 5.29. The molecule has 0 unspecified atom stereocenters. The highest BCUT2D eigenvalue weighted by atomic mass is 35.5. The average Bonchev–Trinajstić information content (AvgIpc) is 2.46. The van der Waals surface area contributed by atoms with Gasteiger partial charge >= 0.3 is 6.18 Å². The molecular weight excluding hydrogens is 339 g/mol. The second-order valence-corrected chi connectivity index (χ2v) is 5.55. The van der Waals surface area contributed by atoms with Gasteiger partial charge in [-0.15, -0.1) is 12.4 Å². The van der Waals surface area contributed by atoms with Crippen molar-refractivity contribution in [3.8, 4) is 0 Å². The van der Waals surface area contributed by atoms with Crippen LogP contribution in [0.1, 0.15) is 30.0 Å². The molecule has 0 amide bonds. The normalized spacial score (nSPS) is 17.7. The third-order valence-electron chi connectivity index (χ3n) is 3.95. The fourth-order valence-electron chi connectivity index (χ4n) is 2.79. The van der Waals surface area contributed by atoms with Crippen LogP contribution in [0.3, 0.4) is 0 Å². The minimum Gasteiger partial charge on any atom is -0.314 e. The lowest BCUT2D eigenvalue weighted by Crippen LogP contribution is -2.45. The molecule has 1 fully saturated rings. The molecule has 1 aliphatic heterocycles. The molecule has 1 aliphatic rings. The Hall–Kier alpha value is -0.920. The van der Waals surface area contributed by atoms with Gasteiger partial charge in [0, 0.05) is 44.2 Å². The minimum atomic E-state index is -4.34. The summed E-state index contributed by atoms with van der Waals surface area (Å²) < 4.78 is 66.1. The van der Waals surface area contributed by atoms with Gasteiger partial charge in [0.25, 0.3) is 0 Å². The van der Waals surface area contributed by atoms with Crippen molar-refractivity contribution >= 4 is 12.4 Å². The molecule has 0 saturated carbocycles. The number of alkyl halides is 3. The molecule has 2 nitrogen and oxygen atoms in total. The van der Waals surface area contributed by atoms with Crippen LogP contribution in [-0.4, -0.2) is 37.3 Å². The second kappa shape index (κ2) is 8.26. The minimum absolute atomic E-state index is 0. The number of aryl methyl sites for hydroxylation is 1. The maximum atomic E-state index is 14.3. The van der Waals surface area contributed by atoms with Crippen LogP contribution in [0.15, 0.2) is 12.1 Å². The lowest BCUT2D eigenvalue weighted by molar-refractivity contribution is -0.138. The molecule has 1 saturated heterocycles. The van der Waals surface area contributed by atoms with E-state index in [0.717, 1.165) is 6.07 Å². The van der Waals surface area contributed by atoms with Crippen LogP contribution >= 0.6 is 12.4 Å². The van der Waals surface area contributed by atoms with E-state index in [1.54, 1.807) is 4.90 Å². The van der Waals surface area contributed by atoms with Gasteiger partial charge in [-0.3, -0.25) is 4.90 Å². The molecular formula is C15H20ClF5N2. The zero-order valence-corrected chi connectivity index (χ0v) is 13.5. The van der Waals surface area contributed by atoms with Gasteiger partial charge in [-0.1, -0.05) is 6.07 Å². The van der Waals surface area contributed by atoms with Gasteiger partial charge in [0.2, 0.25) is 0 Å².